The average Bonchev–Trinajstić information content (AvgIpc) is 3.93. The van der Waals surface area contributed by atoms with Gasteiger partial charge >= 0.3 is 0 Å². The second-order valence-corrected chi connectivity index (χ2v) is 15.7. The summed E-state index contributed by atoms with van der Waals surface area (Å²) in [6.07, 6.45) is -1.24. The van der Waals surface area contributed by atoms with Gasteiger partial charge in [-0.15, -0.1) is 0 Å². The lowest BCUT2D eigenvalue weighted by atomic mass is 9.90. The summed E-state index contributed by atoms with van der Waals surface area (Å²) in [4.78, 5) is 17.2. The number of amides is 1. The maximum absolute atomic E-state index is 15.6. The van der Waals surface area contributed by atoms with Crippen molar-refractivity contribution >= 4 is 55.2 Å². The van der Waals surface area contributed by atoms with E-state index in [1.807, 2.05) is 78.9 Å². The van der Waals surface area contributed by atoms with Crippen LogP contribution in [-0.2, 0) is 0 Å². The van der Waals surface area contributed by atoms with Crippen LogP contribution in [0.2, 0.25) is 0 Å². The molecular weight excluding hydrogens is 747 g/mol. The van der Waals surface area contributed by atoms with Crippen molar-refractivity contribution in [1.82, 2.24) is 9.13 Å². The Hall–Kier alpha value is -7.99. The van der Waals surface area contributed by atoms with Gasteiger partial charge in [0.05, 0.1) is 39.0 Å². The summed E-state index contributed by atoms with van der Waals surface area (Å²) < 4.78 is 4.54. The first-order valence-corrected chi connectivity index (χ1v) is 20.6. The standard InChI is InChI=1S/C56H37N3O2/c60-55-45-26-16-30-51(58-50-29-15-12-25-43(50)44-32-31-40(35-52(44)58)57-48-27-13-10-23-41(48)42-24-11-14-28-49(42)57)53(45)56(61)59(55)54-46(37-19-6-2-7-20-37)33-39(36-17-4-1-5-18-36)34-47(54)38-21-8-3-9-22-38/h1-35,55,60H. The zero-order valence-corrected chi connectivity index (χ0v) is 33.0. The molecule has 1 N–H and O–H groups in total. The van der Waals surface area contributed by atoms with E-state index in [1.165, 1.54) is 10.8 Å². The summed E-state index contributed by atoms with van der Waals surface area (Å²) >= 11 is 0. The number of rotatable bonds is 6. The Morgan fingerprint density at radius 2 is 0.869 bits per heavy atom. The van der Waals surface area contributed by atoms with E-state index < -0.39 is 6.23 Å². The van der Waals surface area contributed by atoms with Crippen LogP contribution in [0.25, 0.3) is 88.4 Å². The van der Waals surface area contributed by atoms with Gasteiger partial charge in [-0.1, -0.05) is 164 Å². The highest BCUT2D eigenvalue weighted by Crippen LogP contribution is 2.49. The number of benzene rings is 9. The van der Waals surface area contributed by atoms with Gasteiger partial charge in [0.15, 0.2) is 6.23 Å². The molecule has 1 unspecified atom stereocenters. The van der Waals surface area contributed by atoms with Crippen LogP contribution in [0.3, 0.4) is 0 Å². The molecule has 1 aliphatic rings. The molecule has 3 heterocycles. The Kier molecular flexibility index (Phi) is 7.92. The van der Waals surface area contributed by atoms with E-state index in [-0.39, 0.29) is 5.91 Å². The van der Waals surface area contributed by atoms with Gasteiger partial charge in [-0.25, -0.2) is 0 Å². The first-order chi connectivity index (χ1) is 30.1. The van der Waals surface area contributed by atoms with Crippen molar-refractivity contribution in [2.75, 3.05) is 4.90 Å². The molecule has 0 fully saturated rings. The van der Waals surface area contributed by atoms with Gasteiger partial charge in [0.25, 0.3) is 5.91 Å². The molecule has 61 heavy (non-hydrogen) atoms. The van der Waals surface area contributed by atoms with E-state index in [0.29, 0.717) is 16.8 Å². The van der Waals surface area contributed by atoms with E-state index in [4.69, 9.17) is 0 Å². The number of carbonyl (C=O) groups excluding carboxylic acids is 1. The van der Waals surface area contributed by atoms with Crippen LogP contribution in [0.4, 0.5) is 5.69 Å². The Labute approximate surface area is 352 Å². The summed E-state index contributed by atoms with van der Waals surface area (Å²) in [5, 5.41) is 17.2. The molecule has 2 aromatic heterocycles. The topological polar surface area (TPSA) is 50.4 Å². The molecular formula is C56H37N3O2. The Morgan fingerprint density at radius 1 is 0.393 bits per heavy atom. The third kappa shape index (κ3) is 5.34. The summed E-state index contributed by atoms with van der Waals surface area (Å²) in [5.74, 6) is -0.260. The number of fused-ring (bicyclic) bond motifs is 7. The summed E-state index contributed by atoms with van der Waals surface area (Å²) in [6, 6.07) is 72.9. The maximum Gasteiger partial charge on any atom is 0.263 e. The molecule has 0 saturated heterocycles. The molecule has 5 heteroatoms. The van der Waals surface area contributed by atoms with Crippen molar-refractivity contribution < 1.29 is 9.90 Å². The number of aromatic nitrogens is 2. The molecule has 11 aromatic rings. The van der Waals surface area contributed by atoms with E-state index in [1.54, 1.807) is 4.90 Å². The summed E-state index contributed by atoms with van der Waals surface area (Å²) in [6.45, 7) is 0. The number of aliphatic hydroxyl groups is 1. The fourth-order valence-corrected chi connectivity index (χ4v) is 9.71. The fraction of sp³-hybridized carbons (Fsp3) is 0.0179. The zero-order valence-electron chi connectivity index (χ0n) is 33.0. The van der Waals surface area contributed by atoms with E-state index in [9.17, 15) is 5.11 Å². The van der Waals surface area contributed by atoms with E-state index in [0.717, 1.165) is 77.6 Å². The highest BCUT2D eigenvalue weighted by atomic mass is 16.3. The van der Waals surface area contributed by atoms with Gasteiger partial charge in [-0.3, -0.25) is 9.69 Å². The fourth-order valence-electron chi connectivity index (χ4n) is 9.71. The average molecular weight is 784 g/mol. The molecule has 9 aromatic carbocycles. The number of nitrogens with zero attached hydrogens (tertiary/aromatic N) is 3. The minimum absolute atomic E-state index is 0.260. The molecule has 12 rings (SSSR count). The molecule has 1 atom stereocenters. The van der Waals surface area contributed by atoms with Crippen molar-refractivity contribution in [3.63, 3.8) is 0 Å². The van der Waals surface area contributed by atoms with Crippen LogP contribution in [0.5, 0.6) is 0 Å². The van der Waals surface area contributed by atoms with Crippen LogP contribution in [0, 0.1) is 0 Å². The van der Waals surface area contributed by atoms with Crippen LogP contribution < -0.4 is 4.90 Å². The Morgan fingerprint density at radius 3 is 1.43 bits per heavy atom. The third-order valence-corrected chi connectivity index (χ3v) is 12.4. The molecule has 288 valence electrons. The lowest BCUT2D eigenvalue weighted by molar-refractivity contribution is 0.0935. The van der Waals surface area contributed by atoms with Gasteiger partial charge < -0.3 is 14.2 Å². The highest BCUT2D eigenvalue weighted by molar-refractivity contribution is 6.18. The lowest BCUT2D eigenvalue weighted by Crippen LogP contribution is -2.29. The van der Waals surface area contributed by atoms with Gasteiger partial charge in [0, 0.05) is 43.9 Å². The number of hydrogen-bond acceptors (Lipinski definition) is 2. The molecule has 5 nitrogen and oxygen atoms in total. The molecule has 0 spiro atoms. The highest BCUT2D eigenvalue weighted by Gasteiger charge is 2.41. The van der Waals surface area contributed by atoms with Gasteiger partial charge in [0.1, 0.15) is 0 Å². The smallest absolute Gasteiger partial charge is 0.263 e. The van der Waals surface area contributed by atoms with Crippen molar-refractivity contribution in [3.05, 3.63) is 223 Å². The van der Waals surface area contributed by atoms with Gasteiger partial charge in [-0.05, 0) is 70.8 Å². The van der Waals surface area contributed by atoms with Crippen LogP contribution >= 0.6 is 0 Å². The normalized spacial score (nSPS) is 13.8. The number of anilines is 1. The molecule has 0 radical (unpaired) electrons. The number of hydrogen-bond donors (Lipinski definition) is 1. The minimum Gasteiger partial charge on any atom is -0.369 e. The number of carbonyl (C=O) groups is 1. The number of aliphatic hydroxyl groups excluding tert-OH is 1. The Balaban J connectivity index is 1.10. The third-order valence-electron chi connectivity index (χ3n) is 12.4. The molecule has 1 aliphatic heterocycles. The van der Waals surface area contributed by atoms with Crippen molar-refractivity contribution in [3.8, 4) is 44.8 Å². The SMILES string of the molecule is O=C1c2c(cccc2-n2c3ccccc3c3ccc(-n4c5ccccc5c5ccccc54)cc32)C(O)N1c1c(-c2ccccc2)cc(-c2ccccc2)cc1-c1ccccc1. The quantitative estimate of drug-likeness (QED) is 0.183. The summed E-state index contributed by atoms with van der Waals surface area (Å²) in [7, 11) is 0. The molecule has 0 saturated carbocycles. The first kappa shape index (κ1) is 35.0. The van der Waals surface area contributed by atoms with Crippen molar-refractivity contribution in [2.24, 2.45) is 0 Å². The monoisotopic (exact) mass is 783 g/mol. The van der Waals surface area contributed by atoms with E-state index >= 15 is 4.79 Å². The number of para-hydroxylation sites is 3. The van der Waals surface area contributed by atoms with Crippen LogP contribution in [-0.4, -0.2) is 20.1 Å². The summed E-state index contributed by atoms with van der Waals surface area (Å²) in [5.41, 5.74) is 13.3. The van der Waals surface area contributed by atoms with Crippen LogP contribution in [0.15, 0.2) is 212 Å². The largest absolute Gasteiger partial charge is 0.369 e. The Bertz CT molecular complexity index is 3400. The van der Waals surface area contributed by atoms with Crippen molar-refractivity contribution in [1.29, 1.82) is 0 Å². The van der Waals surface area contributed by atoms with E-state index in [2.05, 4.69) is 143 Å². The molecule has 1 amide bonds. The van der Waals surface area contributed by atoms with Gasteiger partial charge in [-0.2, -0.15) is 0 Å². The second-order valence-electron chi connectivity index (χ2n) is 15.7. The lowest BCUT2D eigenvalue weighted by Gasteiger charge is -2.28. The molecule has 0 bridgehead atoms. The molecule has 0 aliphatic carbocycles. The minimum atomic E-state index is -1.24. The predicted molar refractivity (Wildman–Crippen MR) is 250 cm³/mol. The van der Waals surface area contributed by atoms with Gasteiger partial charge in [0.2, 0.25) is 0 Å². The van der Waals surface area contributed by atoms with Crippen LogP contribution in [0.1, 0.15) is 22.1 Å². The maximum atomic E-state index is 15.6. The second kappa shape index (κ2) is 13.8. The predicted octanol–water partition coefficient (Wildman–Crippen LogP) is 13.5. The van der Waals surface area contributed by atoms with Crippen molar-refractivity contribution in [2.45, 2.75) is 6.23 Å². The first-order valence-electron chi connectivity index (χ1n) is 20.6. The zero-order chi connectivity index (χ0) is 40.6.